The van der Waals surface area contributed by atoms with E-state index in [2.05, 4.69) is 10.6 Å². The summed E-state index contributed by atoms with van der Waals surface area (Å²) in [7, 11) is -3.13. The molecule has 24 heavy (non-hydrogen) atoms. The Balaban J connectivity index is 1.96. The third-order valence-electron chi connectivity index (χ3n) is 3.61. The second-order valence-corrected chi connectivity index (χ2v) is 8.56. The van der Waals surface area contributed by atoms with Crippen LogP contribution in [0, 0.1) is 6.92 Å². The summed E-state index contributed by atoms with van der Waals surface area (Å²) in [5, 5.41) is 5.05. The van der Waals surface area contributed by atoms with Crippen molar-refractivity contribution in [3.05, 3.63) is 59.7 Å². The molecule has 0 unspecified atom stereocenters. The Morgan fingerprint density at radius 2 is 1.38 bits per heavy atom. The van der Waals surface area contributed by atoms with Crippen LogP contribution in [0.25, 0.3) is 0 Å². The van der Waals surface area contributed by atoms with Gasteiger partial charge in [0.1, 0.15) is 0 Å². The third kappa shape index (κ3) is 5.09. The van der Waals surface area contributed by atoms with E-state index >= 15 is 0 Å². The maximum atomic E-state index is 12.0. The first kappa shape index (κ1) is 18.0. The van der Waals surface area contributed by atoms with Crippen molar-refractivity contribution in [1.29, 1.82) is 0 Å². The second-order valence-electron chi connectivity index (χ2n) is 6.00. The molecule has 0 aliphatic rings. The molecule has 2 aromatic rings. The molecule has 2 rings (SSSR count). The summed E-state index contributed by atoms with van der Waals surface area (Å²) in [5.41, 5.74) is 3.13. The van der Waals surface area contributed by atoms with E-state index in [0.29, 0.717) is 16.9 Å². The van der Waals surface area contributed by atoms with Crippen LogP contribution in [-0.2, 0) is 15.6 Å². The van der Waals surface area contributed by atoms with E-state index in [-0.39, 0.29) is 11.8 Å². The molecule has 0 aliphatic carbocycles. The average Bonchev–Trinajstić information content (AvgIpc) is 2.51. The number of hydrogen-bond acceptors (Lipinski definition) is 3. The molecule has 0 atom stereocenters. The number of aryl methyl sites for hydroxylation is 1. The molecule has 0 fully saturated rings. The Labute approximate surface area is 143 Å². The van der Waals surface area contributed by atoms with Crippen LogP contribution in [-0.4, -0.2) is 19.7 Å². The molecule has 2 N–H and O–H groups in total. The van der Waals surface area contributed by atoms with Crippen LogP contribution in [0.15, 0.2) is 48.5 Å². The molecule has 0 saturated heterocycles. The van der Waals surface area contributed by atoms with Gasteiger partial charge in [-0.3, -0.25) is 0 Å². The van der Waals surface area contributed by atoms with E-state index in [1.807, 2.05) is 31.2 Å². The number of sulfone groups is 1. The fraction of sp³-hybridized carbons (Fsp3) is 0.278. The maximum absolute atomic E-state index is 12.0. The largest absolute Gasteiger partial charge is 0.323 e. The summed E-state index contributed by atoms with van der Waals surface area (Å²) < 4.78 is 23.8. The Morgan fingerprint density at radius 3 is 1.83 bits per heavy atom. The van der Waals surface area contributed by atoms with Crippen LogP contribution in [0.1, 0.15) is 25.0 Å². The molecule has 2 aromatic carbocycles. The quantitative estimate of drug-likeness (QED) is 0.860. The van der Waals surface area contributed by atoms with Crippen molar-refractivity contribution in [2.75, 3.05) is 10.6 Å². The van der Waals surface area contributed by atoms with E-state index < -0.39 is 15.1 Å². The lowest BCUT2D eigenvalue weighted by Crippen LogP contribution is -2.19. The van der Waals surface area contributed by atoms with E-state index in [4.69, 9.17) is 0 Å². The Bertz CT molecular complexity index is 795. The van der Waals surface area contributed by atoms with Crippen LogP contribution in [0.4, 0.5) is 16.2 Å². The Morgan fingerprint density at radius 1 is 0.917 bits per heavy atom. The van der Waals surface area contributed by atoms with Crippen molar-refractivity contribution in [2.45, 2.75) is 31.8 Å². The summed E-state index contributed by atoms with van der Waals surface area (Å²) in [5.74, 6) is 0.000505. The second kappa shape index (κ2) is 7.49. The van der Waals surface area contributed by atoms with Gasteiger partial charge in [0.05, 0.1) is 11.0 Å². The van der Waals surface area contributed by atoms with Gasteiger partial charge in [0.15, 0.2) is 9.84 Å². The highest BCUT2D eigenvalue weighted by Gasteiger charge is 2.16. The lowest BCUT2D eigenvalue weighted by atomic mass is 10.2. The first-order valence-corrected chi connectivity index (χ1v) is 9.43. The Hall–Kier alpha value is -2.34. The SMILES string of the molecule is Cc1ccc(NC(=O)Nc2ccc(CS(=O)(=O)C(C)C)cc2)cc1. The van der Waals surface area contributed by atoms with Gasteiger partial charge in [0.25, 0.3) is 0 Å². The molecule has 0 radical (unpaired) electrons. The normalized spacial score (nSPS) is 11.3. The van der Waals surface area contributed by atoms with Crippen LogP contribution >= 0.6 is 0 Å². The smallest absolute Gasteiger partial charge is 0.308 e. The number of anilines is 2. The minimum atomic E-state index is -3.13. The molecule has 0 heterocycles. The summed E-state index contributed by atoms with van der Waals surface area (Å²) in [6.45, 7) is 5.31. The number of nitrogens with one attached hydrogen (secondary N) is 2. The van der Waals surface area contributed by atoms with Crippen molar-refractivity contribution >= 4 is 27.2 Å². The molecule has 6 heteroatoms. The molecule has 5 nitrogen and oxygen atoms in total. The monoisotopic (exact) mass is 346 g/mol. The van der Waals surface area contributed by atoms with Crippen LogP contribution in [0.2, 0.25) is 0 Å². The average molecular weight is 346 g/mol. The van der Waals surface area contributed by atoms with Gasteiger partial charge < -0.3 is 10.6 Å². The van der Waals surface area contributed by atoms with Gasteiger partial charge in [-0.25, -0.2) is 13.2 Å². The van der Waals surface area contributed by atoms with Crippen molar-refractivity contribution in [3.63, 3.8) is 0 Å². The minimum absolute atomic E-state index is 0.000505. The van der Waals surface area contributed by atoms with E-state index in [9.17, 15) is 13.2 Å². The van der Waals surface area contributed by atoms with E-state index in [1.165, 1.54) is 0 Å². The van der Waals surface area contributed by atoms with Gasteiger partial charge in [-0.1, -0.05) is 29.8 Å². The molecule has 0 bridgehead atoms. The fourth-order valence-electron chi connectivity index (χ4n) is 2.01. The van der Waals surface area contributed by atoms with Crippen molar-refractivity contribution < 1.29 is 13.2 Å². The summed E-state index contributed by atoms with van der Waals surface area (Å²) in [4.78, 5) is 12.0. The van der Waals surface area contributed by atoms with Gasteiger partial charge in [-0.05, 0) is 50.6 Å². The van der Waals surface area contributed by atoms with Gasteiger partial charge in [-0.15, -0.1) is 0 Å². The zero-order valence-electron chi connectivity index (χ0n) is 14.0. The molecule has 0 saturated carbocycles. The number of urea groups is 1. The molecule has 0 spiro atoms. The zero-order valence-corrected chi connectivity index (χ0v) is 14.9. The Kier molecular flexibility index (Phi) is 5.62. The van der Waals surface area contributed by atoms with Crippen molar-refractivity contribution in [3.8, 4) is 0 Å². The highest BCUT2D eigenvalue weighted by atomic mass is 32.2. The summed E-state index contributed by atoms with van der Waals surface area (Å²) >= 11 is 0. The zero-order chi connectivity index (χ0) is 17.7. The van der Waals surface area contributed by atoms with Gasteiger partial charge in [-0.2, -0.15) is 0 Å². The highest BCUT2D eigenvalue weighted by Crippen LogP contribution is 2.15. The van der Waals surface area contributed by atoms with Gasteiger partial charge in [0, 0.05) is 11.4 Å². The molecule has 0 aromatic heterocycles. The van der Waals surface area contributed by atoms with Crippen molar-refractivity contribution in [1.82, 2.24) is 0 Å². The maximum Gasteiger partial charge on any atom is 0.323 e. The number of hydrogen-bond donors (Lipinski definition) is 2. The van der Waals surface area contributed by atoms with Gasteiger partial charge in [0.2, 0.25) is 0 Å². The first-order valence-electron chi connectivity index (χ1n) is 7.71. The third-order valence-corrected chi connectivity index (χ3v) is 5.78. The molecular formula is C18H22N2O3S. The lowest BCUT2D eigenvalue weighted by Gasteiger charge is -2.10. The molecule has 128 valence electrons. The predicted molar refractivity (Wildman–Crippen MR) is 98.0 cm³/mol. The topological polar surface area (TPSA) is 75.3 Å². The molecular weight excluding hydrogens is 324 g/mol. The number of rotatable bonds is 5. The van der Waals surface area contributed by atoms with Crippen LogP contribution < -0.4 is 10.6 Å². The first-order chi connectivity index (χ1) is 11.3. The number of carbonyl (C=O) groups is 1. The van der Waals surface area contributed by atoms with Crippen molar-refractivity contribution in [2.24, 2.45) is 0 Å². The molecule has 2 amide bonds. The number of carbonyl (C=O) groups excluding carboxylic acids is 1. The highest BCUT2D eigenvalue weighted by molar-refractivity contribution is 7.91. The summed E-state index contributed by atoms with van der Waals surface area (Å²) in [6, 6.07) is 14.0. The van der Waals surface area contributed by atoms with Crippen LogP contribution in [0.5, 0.6) is 0 Å². The number of benzene rings is 2. The van der Waals surface area contributed by atoms with E-state index in [0.717, 1.165) is 5.56 Å². The minimum Gasteiger partial charge on any atom is -0.308 e. The number of amides is 2. The molecule has 0 aliphatic heterocycles. The predicted octanol–water partition coefficient (Wildman–Crippen LogP) is 3.96. The fourth-order valence-corrected chi connectivity index (χ4v) is 3.00. The van der Waals surface area contributed by atoms with E-state index in [1.54, 1.807) is 38.1 Å². The van der Waals surface area contributed by atoms with Crippen LogP contribution in [0.3, 0.4) is 0 Å². The lowest BCUT2D eigenvalue weighted by molar-refractivity contribution is 0.262. The summed E-state index contributed by atoms with van der Waals surface area (Å²) in [6.07, 6.45) is 0. The standard InChI is InChI=1S/C18H22N2O3S/c1-13(2)24(22,23)12-15-6-10-17(11-7-15)20-18(21)19-16-8-4-14(3)5-9-16/h4-11,13H,12H2,1-3H3,(H2,19,20,21). The van der Waals surface area contributed by atoms with Gasteiger partial charge >= 0.3 is 6.03 Å².